The summed E-state index contributed by atoms with van der Waals surface area (Å²) in [5.41, 5.74) is 2.89. The quantitative estimate of drug-likeness (QED) is 0.732. The van der Waals surface area contributed by atoms with Gasteiger partial charge in [-0.2, -0.15) is 0 Å². The van der Waals surface area contributed by atoms with Gasteiger partial charge >= 0.3 is 0 Å². The van der Waals surface area contributed by atoms with Crippen molar-refractivity contribution < 1.29 is 4.39 Å². The van der Waals surface area contributed by atoms with Gasteiger partial charge in [0.1, 0.15) is 5.82 Å². The van der Waals surface area contributed by atoms with Gasteiger partial charge in [-0.25, -0.2) is 4.39 Å². The van der Waals surface area contributed by atoms with E-state index in [0.29, 0.717) is 0 Å². The second-order valence-electron chi connectivity index (χ2n) is 6.09. The van der Waals surface area contributed by atoms with Gasteiger partial charge in [-0.05, 0) is 48.5 Å². The molecule has 1 aliphatic heterocycles. The molecule has 3 aromatic rings. The summed E-state index contributed by atoms with van der Waals surface area (Å²) in [7, 11) is 0. The first kappa shape index (κ1) is 15.6. The van der Waals surface area contributed by atoms with Gasteiger partial charge < -0.3 is 9.80 Å². The van der Waals surface area contributed by atoms with Crippen molar-refractivity contribution >= 4 is 11.5 Å². The summed E-state index contributed by atoms with van der Waals surface area (Å²) in [6, 6.07) is 20.7. The molecule has 1 aromatic heterocycles. The molecule has 2 heterocycles. The zero-order valence-electron chi connectivity index (χ0n) is 13.8. The van der Waals surface area contributed by atoms with Crippen LogP contribution in [0, 0.1) is 5.82 Å². The maximum absolute atomic E-state index is 13.0. The lowest BCUT2D eigenvalue weighted by Crippen LogP contribution is -2.46. The van der Waals surface area contributed by atoms with Crippen LogP contribution in [0.3, 0.4) is 0 Å². The molecule has 0 N–H and O–H groups in total. The van der Waals surface area contributed by atoms with Crippen molar-refractivity contribution in [2.75, 3.05) is 36.0 Å². The molecule has 0 atom stereocenters. The number of para-hydroxylation sites is 1. The Labute approximate surface area is 146 Å². The largest absolute Gasteiger partial charge is 0.368 e. The Morgan fingerprint density at radius 1 is 0.680 bits per heavy atom. The van der Waals surface area contributed by atoms with E-state index in [1.54, 1.807) is 12.1 Å². The van der Waals surface area contributed by atoms with E-state index in [9.17, 15) is 4.39 Å². The predicted octanol–water partition coefficient (Wildman–Crippen LogP) is 3.61. The molecule has 1 saturated heterocycles. The Hall–Kier alpha value is -2.95. The molecular weight excluding hydrogens is 315 g/mol. The fraction of sp³-hybridized carbons (Fsp3) is 0.200. The average molecular weight is 334 g/mol. The Balaban J connectivity index is 1.42. The van der Waals surface area contributed by atoms with Gasteiger partial charge in [0.2, 0.25) is 0 Å². The molecule has 0 unspecified atom stereocenters. The third kappa shape index (κ3) is 3.45. The van der Waals surface area contributed by atoms with E-state index < -0.39 is 0 Å². The van der Waals surface area contributed by atoms with Gasteiger partial charge in [0.25, 0.3) is 0 Å². The highest BCUT2D eigenvalue weighted by Gasteiger charge is 2.18. The van der Waals surface area contributed by atoms with Crippen molar-refractivity contribution in [2.24, 2.45) is 0 Å². The van der Waals surface area contributed by atoms with Crippen LogP contribution in [0.5, 0.6) is 0 Å². The number of nitrogens with zero attached hydrogens (tertiary/aromatic N) is 4. The molecule has 0 saturated carbocycles. The van der Waals surface area contributed by atoms with Crippen LogP contribution in [-0.2, 0) is 0 Å². The molecule has 1 fully saturated rings. The number of rotatable bonds is 3. The summed E-state index contributed by atoms with van der Waals surface area (Å²) in [4.78, 5) is 4.64. The highest BCUT2D eigenvalue weighted by molar-refractivity contribution is 5.59. The van der Waals surface area contributed by atoms with Gasteiger partial charge in [-0.15, -0.1) is 10.2 Å². The fourth-order valence-electron chi connectivity index (χ4n) is 3.10. The molecule has 0 bridgehead atoms. The summed E-state index contributed by atoms with van der Waals surface area (Å²) >= 11 is 0. The van der Waals surface area contributed by atoms with Crippen molar-refractivity contribution in [3.8, 4) is 11.3 Å². The first-order chi connectivity index (χ1) is 12.3. The summed E-state index contributed by atoms with van der Waals surface area (Å²) in [6.07, 6.45) is 0. The monoisotopic (exact) mass is 334 g/mol. The zero-order valence-corrected chi connectivity index (χ0v) is 13.8. The normalized spacial score (nSPS) is 14.6. The van der Waals surface area contributed by atoms with Gasteiger partial charge in [0.15, 0.2) is 5.82 Å². The Bertz CT molecular complexity index is 811. The third-order valence-electron chi connectivity index (χ3n) is 4.52. The SMILES string of the molecule is Fc1ccc(-c2ccc(N3CCN(c4ccccc4)CC3)nn2)cc1. The number of hydrogen-bond donors (Lipinski definition) is 0. The predicted molar refractivity (Wildman–Crippen MR) is 98.3 cm³/mol. The molecule has 126 valence electrons. The highest BCUT2D eigenvalue weighted by atomic mass is 19.1. The van der Waals surface area contributed by atoms with Gasteiger partial charge in [0.05, 0.1) is 5.69 Å². The number of halogens is 1. The van der Waals surface area contributed by atoms with Gasteiger partial charge in [-0.1, -0.05) is 18.2 Å². The average Bonchev–Trinajstić information content (AvgIpc) is 2.70. The molecule has 25 heavy (non-hydrogen) atoms. The number of hydrogen-bond acceptors (Lipinski definition) is 4. The molecule has 0 spiro atoms. The Kier molecular flexibility index (Phi) is 4.29. The topological polar surface area (TPSA) is 32.3 Å². The van der Waals surface area contributed by atoms with E-state index >= 15 is 0 Å². The molecule has 5 heteroatoms. The summed E-state index contributed by atoms with van der Waals surface area (Å²) in [5.74, 6) is 0.642. The van der Waals surface area contributed by atoms with Crippen LogP contribution < -0.4 is 9.80 Å². The lowest BCUT2D eigenvalue weighted by atomic mass is 10.1. The van der Waals surface area contributed by atoms with Crippen molar-refractivity contribution in [3.63, 3.8) is 0 Å². The molecule has 1 aliphatic rings. The Morgan fingerprint density at radius 2 is 1.36 bits per heavy atom. The minimum absolute atomic E-state index is 0.246. The lowest BCUT2D eigenvalue weighted by molar-refractivity contribution is 0.628. The minimum atomic E-state index is -0.246. The number of benzene rings is 2. The maximum atomic E-state index is 13.0. The van der Waals surface area contributed by atoms with Crippen LogP contribution in [0.1, 0.15) is 0 Å². The van der Waals surface area contributed by atoms with E-state index in [4.69, 9.17) is 0 Å². The molecule has 4 rings (SSSR count). The second kappa shape index (κ2) is 6.89. The Morgan fingerprint density at radius 3 is 2.00 bits per heavy atom. The van der Waals surface area contributed by atoms with Gasteiger partial charge in [-0.3, -0.25) is 0 Å². The molecule has 4 nitrogen and oxygen atoms in total. The van der Waals surface area contributed by atoms with Crippen LogP contribution in [0.4, 0.5) is 15.9 Å². The molecule has 0 radical (unpaired) electrons. The van der Waals surface area contributed by atoms with E-state index in [0.717, 1.165) is 43.3 Å². The van der Waals surface area contributed by atoms with E-state index in [-0.39, 0.29) is 5.82 Å². The van der Waals surface area contributed by atoms with Crippen LogP contribution in [0.2, 0.25) is 0 Å². The highest BCUT2D eigenvalue weighted by Crippen LogP contribution is 2.21. The molecule has 0 aliphatic carbocycles. The smallest absolute Gasteiger partial charge is 0.151 e. The standard InChI is InChI=1S/C20H19FN4/c21-17-8-6-16(7-9-17)19-10-11-20(23-22-19)25-14-12-24(13-15-25)18-4-2-1-3-5-18/h1-11H,12-15H2. The fourth-order valence-corrected chi connectivity index (χ4v) is 3.10. The van der Waals surface area contributed by atoms with Gasteiger partial charge in [0, 0.05) is 37.4 Å². The lowest BCUT2D eigenvalue weighted by Gasteiger charge is -2.36. The van der Waals surface area contributed by atoms with Crippen LogP contribution in [-0.4, -0.2) is 36.4 Å². The number of anilines is 2. The van der Waals surface area contributed by atoms with Crippen LogP contribution in [0.15, 0.2) is 66.7 Å². The van der Waals surface area contributed by atoms with Crippen LogP contribution >= 0.6 is 0 Å². The minimum Gasteiger partial charge on any atom is -0.368 e. The van der Waals surface area contributed by atoms with Crippen molar-refractivity contribution in [1.29, 1.82) is 0 Å². The van der Waals surface area contributed by atoms with Crippen molar-refractivity contribution in [1.82, 2.24) is 10.2 Å². The summed E-state index contributed by atoms with van der Waals surface area (Å²) < 4.78 is 13.0. The molecule has 2 aromatic carbocycles. The number of aromatic nitrogens is 2. The first-order valence-electron chi connectivity index (χ1n) is 8.44. The first-order valence-corrected chi connectivity index (χ1v) is 8.44. The van der Waals surface area contributed by atoms with E-state index in [1.165, 1.54) is 17.8 Å². The van der Waals surface area contributed by atoms with Crippen molar-refractivity contribution in [2.45, 2.75) is 0 Å². The van der Waals surface area contributed by atoms with Crippen LogP contribution in [0.25, 0.3) is 11.3 Å². The molecular formula is C20H19FN4. The van der Waals surface area contributed by atoms with E-state index in [1.807, 2.05) is 18.2 Å². The maximum Gasteiger partial charge on any atom is 0.151 e. The molecule has 0 amide bonds. The van der Waals surface area contributed by atoms with E-state index in [2.05, 4.69) is 44.3 Å². The third-order valence-corrected chi connectivity index (χ3v) is 4.52. The number of piperazine rings is 1. The summed E-state index contributed by atoms with van der Waals surface area (Å²) in [5, 5.41) is 8.67. The summed E-state index contributed by atoms with van der Waals surface area (Å²) in [6.45, 7) is 3.76. The van der Waals surface area contributed by atoms with Crippen molar-refractivity contribution in [3.05, 3.63) is 72.5 Å². The second-order valence-corrected chi connectivity index (χ2v) is 6.09. The zero-order chi connectivity index (χ0) is 17.1.